The summed E-state index contributed by atoms with van der Waals surface area (Å²) in [6, 6.07) is 81.7. The number of nitrogens with zero attached hydrogens (tertiary/aromatic N) is 1. The van der Waals surface area contributed by atoms with Gasteiger partial charge in [-0.25, -0.2) is 0 Å². The molecule has 1 heteroatoms. The maximum atomic E-state index is 2.56. The maximum absolute atomic E-state index is 2.56. The molecule has 3 aliphatic carbocycles. The molecule has 0 saturated heterocycles. The van der Waals surface area contributed by atoms with Gasteiger partial charge in [0, 0.05) is 33.2 Å². The highest BCUT2D eigenvalue weighted by Crippen LogP contribution is 2.59. The van der Waals surface area contributed by atoms with Gasteiger partial charge < -0.3 is 4.90 Å². The summed E-state index contributed by atoms with van der Waals surface area (Å²) in [6.45, 7) is 7.23. The third kappa shape index (κ3) is 4.83. The van der Waals surface area contributed by atoms with Gasteiger partial charge in [0.1, 0.15) is 0 Å². The van der Waals surface area contributed by atoms with Crippen LogP contribution in [0.25, 0.3) is 33.4 Å². The van der Waals surface area contributed by atoms with Crippen LogP contribution in [0.3, 0.4) is 0 Å². The van der Waals surface area contributed by atoms with Crippen LogP contribution in [-0.4, -0.2) is 0 Å². The number of hydrogen-bond donors (Lipinski definition) is 0. The van der Waals surface area contributed by atoms with Gasteiger partial charge in [0.25, 0.3) is 0 Å². The Labute approximate surface area is 359 Å². The van der Waals surface area contributed by atoms with Crippen molar-refractivity contribution < 1.29 is 0 Å². The molecule has 290 valence electrons. The molecule has 0 bridgehead atoms. The monoisotopic (exact) mass is 779 g/mol. The van der Waals surface area contributed by atoms with Crippen LogP contribution < -0.4 is 4.90 Å². The quantitative estimate of drug-likeness (QED) is 0.162. The summed E-state index contributed by atoms with van der Waals surface area (Å²) in [4.78, 5) is 2.56. The summed E-state index contributed by atoms with van der Waals surface area (Å²) in [5, 5.41) is 0. The molecule has 0 aliphatic heterocycles. The first-order valence-electron chi connectivity index (χ1n) is 21.6. The molecule has 0 radical (unpaired) electrons. The second kappa shape index (κ2) is 13.1. The fraction of sp³-hybridized carbons (Fsp3) is 0.100. The van der Waals surface area contributed by atoms with Crippen molar-refractivity contribution in [1.29, 1.82) is 0 Å². The van der Waals surface area contributed by atoms with Gasteiger partial charge in [-0.05, 0) is 129 Å². The van der Waals surface area contributed by atoms with Crippen molar-refractivity contribution in [3.05, 3.63) is 268 Å². The second-order valence-corrected chi connectivity index (χ2v) is 17.6. The van der Waals surface area contributed by atoms with Crippen molar-refractivity contribution in [3.8, 4) is 33.4 Å². The molecule has 1 nitrogen and oxygen atoms in total. The van der Waals surface area contributed by atoms with Crippen molar-refractivity contribution in [1.82, 2.24) is 0 Å². The largest absolute Gasteiger partial charge is 0.310 e. The summed E-state index contributed by atoms with van der Waals surface area (Å²) in [5.41, 5.74) is 22.2. The summed E-state index contributed by atoms with van der Waals surface area (Å²) < 4.78 is 0. The van der Waals surface area contributed by atoms with E-state index < -0.39 is 0 Å². The van der Waals surface area contributed by atoms with Crippen molar-refractivity contribution in [2.45, 2.75) is 37.0 Å². The molecule has 3 aliphatic rings. The van der Waals surface area contributed by atoms with Gasteiger partial charge in [-0.3, -0.25) is 0 Å². The van der Waals surface area contributed by atoms with E-state index >= 15 is 0 Å². The molecule has 0 aromatic heterocycles. The van der Waals surface area contributed by atoms with Gasteiger partial charge in [0.2, 0.25) is 0 Å². The highest BCUT2D eigenvalue weighted by molar-refractivity contribution is 5.98. The lowest BCUT2D eigenvalue weighted by Gasteiger charge is -2.33. The van der Waals surface area contributed by atoms with Crippen molar-refractivity contribution in [3.63, 3.8) is 0 Å². The van der Waals surface area contributed by atoms with Gasteiger partial charge in [0.15, 0.2) is 0 Å². The Morgan fingerprint density at radius 2 is 0.672 bits per heavy atom. The van der Waals surface area contributed by atoms with Crippen molar-refractivity contribution >= 4 is 17.1 Å². The van der Waals surface area contributed by atoms with Crippen LogP contribution in [0, 0.1) is 0 Å². The number of benzene rings is 9. The Hall–Kier alpha value is -7.22. The lowest BCUT2D eigenvalue weighted by Crippen LogP contribution is -2.23. The van der Waals surface area contributed by atoms with Crippen LogP contribution in [-0.2, 0) is 16.2 Å². The minimum atomic E-state index is -0.333. The molecule has 0 spiro atoms. The Bertz CT molecular complexity index is 3180. The Balaban J connectivity index is 1.14. The van der Waals surface area contributed by atoms with E-state index in [0.29, 0.717) is 0 Å². The summed E-state index contributed by atoms with van der Waals surface area (Å²) in [6.07, 6.45) is 0. The van der Waals surface area contributed by atoms with E-state index in [9.17, 15) is 0 Å². The van der Waals surface area contributed by atoms with E-state index in [1.807, 2.05) is 0 Å². The Morgan fingerprint density at radius 3 is 1.26 bits per heavy atom. The predicted octanol–water partition coefficient (Wildman–Crippen LogP) is 15.2. The fourth-order valence-electron chi connectivity index (χ4n) is 11.6. The average molecular weight is 780 g/mol. The molecule has 9 aromatic rings. The second-order valence-electron chi connectivity index (χ2n) is 17.6. The van der Waals surface area contributed by atoms with Gasteiger partial charge in [-0.1, -0.05) is 188 Å². The van der Waals surface area contributed by atoms with Crippen LogP contribution in [0.4, 0.5) is 17.1 Å². The van der Waals surface area contributed by atoms with E-state index in [4.69, 9.17) is 0 Å². The van der Waals surface area contributed by atoms with Crippen molar-refractivity contribution in [2.75, 3.05) is 4.90 Å². The van der Waals surface area contributed by atoms with Crippen LogP contribution in [0.15, 0.2) is 218 Å². The normalized spacial score (nSPS) is 19.9. The van der Waals surface area contributed by atoms with E-state index in [1.165, 1.54) is 89.1 Å². The summed E-state index contributed by atoms with van der Waals surface area (Å²) in [7, 11) is 0. The number of hydrogen-bond acceptors (Lipinski definition) is 1. The molecule has 0 amide bonds. The molecule has 3 atom stereocenters. The van der Waals surface area contributed by atoms with E-state index in [-0.39, 0.29) is 16.2 Å². The zero-order chi connectivity index (χ0) is 40.9. The summed E-state index contributed by atoms with van der Waals surface area (Å²) >= 11 is 0. The van der Waals surface area contributed by atoms with E-state index in [2.05, 4.69) is 244 Å². The Morgan fingerprint density at radius 1 is 0.279 bits per heavy atom. The third-order valence-electron chi connectivity index (χ3n) is 14.7. The lowest BCUT2D eigenvalue weighted by atomic mass is 9.74. The minimum Gasteiger partial charge on any atom is -0.310 e. The predicted molar refractivity (Wildman–Crippen MR) is 253 cm³/mol. The van der Waals surface area contributed by atoms with Crippen LogP contribution in [0.5, 0.6) is 0 Å². The highest BCUT2D eigenvalue weighted by atomic mass is 15.1. The molecule has 9 aromatic carbocycles. The smallest absolute Gasteiger partial charge is 0.0543 e. The SMILES string of the molecule is CC1(c2ccccc2)c2ccccc2-c2cc(N(c3ccc4c(c3)C(C)(c3ccccc3)c3ccccc3-4)c3cccc4c3-c3ccccc3C4(C)c3ccccc3)ccc21. The van der Waals surface area contributed by atoms with Gasteiger partial charge >= 0.3 is 0 Å². The molecule has 3 unspecified atom stereocenters. The molecule has 0 heterocycles. The molecular weight excluding hydrogens is 735 g/mol. The Kier molecular flexibility index (Phi) is 7.69. The third-order valence-corrected chi connectivity index (χ3v) is 14.7. The topological polar surface area (TPSA) is 3.24 Å². The molecule has 0 saturated carbocycles. The van der Waals surface area contributed by atoms with Gasteiger partial charge in [0.05, 0.1) is 5.69 Å². The number of fused-ring (bicyclic) bond motifs is 9. The van der Waals surface area contributed by atoms with E-state index in [0.717, 1.165) is 11.4 Å². The average Bonchev–Trinajstić information content (AvgIpc) is 3.86. The van der Waals surface area contributed by atoms with Crippen LogP contribution in [0.1, 0.15) is 70.8 Å². The zero-order valence-electron chi connectivity index (χ0n) is 34.7. The highest BCUT2D eigenvalue weighted by Gasteiger charge is 2.45. The van der Waals surface area contributed by atoms with E-state index in [1.54, 1.807) is 0 Å². The first kappa shape index (κ1) is 35.7. The van der Waals surface area contributed by atoms with Gasteiger partial charge in [-0.15, -0.1) is 0 Å². The first-order valence-corrected chi connectivity index (χ1v) is 21.6. The van der Waals surface area contributed by atoms with Crippen LogP contribution >= 0.6 is 0 Å². The fourth-order valence-corrected chi connectivity index (χ4v) is 11.6. The van der Waals surface area contributed by atoms with Gasteiger partial charge in [-0.2, -0.15) is 0 Å². The standard InChI is InChI=1S/C60H45N/c1-58(40-20-7-4-8-21-40)51-30-17-14-27-46(51)49-38-43(35-37-53(49)58)61(44-34-36-47-45-26-13-16-29-50(45)60(3,55(47)39-44)42-24-11-6-12-25-42)56-33-19-32-54-57(56)48-28-15-18-31-52(48)59(54,2)41-22-9-5-10-23-41/h4-39H,1-3H3. The molecule has 0 fully saturated rings. The zero-order valence-corrected chi connectivity index (χ0v) is 34.7. The number of anilines is 3. The van der Waals surface area contributed by atoms with Crippen molar-refractivity contribution in [2.24, 2.45) is 0 Å². The molecule has 12 rings (SSSR count). The molecule has 0 N–H and O–H groups in total. The lowest BCUT2D eigenvalue weighted by molar-refractivity contribution is 0.713. The first-order chi connectivity index (χ1) is 29.9. The number of rotatable bonds is 6. The van der Waals surface area contributed by atoms with Crippen LogP contribution in [0.2, 0.25) is 0 Å². The molecular formula is C60H45N. The maximum Gasteiger partial charge on any atom is 0.0543 e. The summed E-state index contributed by atoms with van der Waals surface area (Å²) in [5.74, 6) is 0. The minimum absolute atomic E-state index is 0.280. The molecule has 61 heavy (non-hydrogen) atoms.